The Bertz CT molecular complexity index is 977. The number of rotatable bonds is 5. The first-order valence-electron chi connectivity index (χ1n) is 10.0. The largest absolute Gasteiger partial charge is 0.321 e. The van der Waals surface area contributed by atoms with Crippen LogP contribution in [0.15, 0.2) is 60.7 Å². The maximum Gasteiger partial charge on any atom is 0.255 e. The predicted octanol–water partition coefficient (Wildman–Crippen LogP) is 4.24. The summed E-state index contributed by atoms with van der Waals surface area (Å²) in [7, 11) is 0. The van der Waals surface area contributed by atoms with Crippen molar-refractivity contribution in [3.8, 4) is 0 Å². The van der Waals surface area contributed by atoms with Crippen LogP contribution < -0.4 is 16.0 Å². The van der Waals surface area contributed by atoms with E-state index in [1.807, 2.05) is 43.3 Å². The van der Waals surface area contributed by atoms with Gasteiger partial charge in [0.1, 0.15) is 0 Å². The molecule has 0 unspecified atom stereocenters. The van der Waals surface area contributed by atoms with Gasteiger partial charge in [0.15, 0.2) is 0 Å². The monoisotopic (exact) mass is 373 g/mol. The number of hydrogen-bond acceptors (Lipinski definition) is 3. The molecular weight excluding hydrogens is 346 g/mol. The minimum absolute atomic E-state index is 0.0659. The van der Waals surface area contributed by atoms with Gasteiger partial charge in [-0.2, -0.15) is 0 Å². The molecule has 0 aliphatic carbocycles. The SMILES string of the molecule is Cc1ccccc1C(=O)Nc1ccc(CNC2CCNCC2)c2ccccc12. The molecule has 1 aliphatic heterocycles. The average molecular weight is 374 g/mol. The zero-order valence-electron chi connectivity index (χ0n) is 16.3. The van der Waals surface area contributed by atoms with Crippen LogP contribution in [0.5, 0.6) is 0 Å². The molecule has 1 heterocycles. The summed E-state index contributed by atoms with van der Waals surface area (Å²) in [5.74, 6) is -0.0659. The van der Waals surface area contributed by atoms with E-state index >= 15 is 0 Å². The van der Waals surface area contributed by atoms with Gasteiger partial charge in [-0.15, -0.1) is 0 Å². The average Bonchev–Trinajstić information content (AvgIpc) is 2.74. The summed E-state index contributed by atoms with van der Waals surface area (Å²) in [6, 6.07) is 20.7. The number of amides is 1. The van der Waals surface area contributed by atoms with E-state index in [-0.39, 0.29) is 5.91 Å². The number of hydrogen-bond donors (Lipinski definition) is 3. The summed E-state index contributed by atoms with van der Waals surface area (Å²) in [5.41, 5.74) is 3.81. The van der Waals surface area contributed by atoms with Gasteiger partial charge in [0, 0.05) is 29.2 Å². The second-order valence-corrected chi connectivity index (χ2v) is 7.49. The van der Waals surface area contributed by atoms with E-state index in [0.29, 0.717) is 11.6 Å². The normalized spacial score (nSPS) is 14.9. The quantitative estimate of drug-likeness (QED) is 0.627. The van der Waals surface area contributed by atoms with E-state index in [9.17, 15) is 4.79 Å². The second kappa shape index (κ2) is 8.55. The van der Waals surface area contributed by atoms with E-state index in [0.717, 1.165) is 36.3 Å². The highest BCUT2D eigenvalue weighted by molar-refractivity contribution is 6.10. The summed E-state index contributed by atoms with van der Waals surface area (Å²) < 4.78 is 0. The molecule has 0 atom stereocenters. The Labute approximate surface area is 166 Å². The summed E-state index contributed by atoms with van der Waals surface area (Å²) >= 11 is 0. The molecule has 0 spiro atoms. The van der Waals surface area contributed by atoms with Crippen LogP contribution in [0.4, 0.5) is 5.69 Å². The summed E-state index contributed by atoms with van der Waals surface area (Å²) in [4.78, 5) is 12.8. The molecule has 4 nitrogen and oxygen atoms in total. The molecule has 0 aromatic heterocycles. The molecule has 4 heteroatoms. The number of anilines is 1. The van der Waals surface area contributed by atoms with Gasteiger partial charge in [0.2, 0.25) is 0 Å². The molecule has 3 aromatic carbocycles. The van der Waals surface area contributed by atoms with Crippen molar-refractivity contribution in [2.75, 3.05) is 18.4 Å². The third-order valence-corrected chi connectivity index (χ3v) is 5.57. The van der Waals surface area contributed by atoms with Gasteiger partial charge in [-0.1, -0.05) is 48.5 Å². The highest BCUT2D eigenvalue weighted by Gasteiger charge is 2.14. The number of benzene rings is 3. The Morgan fingerprint density at radius 2 is 1.68 bits per heavy atom. The van der Waals surface area contributed by atoms with Gasteiger partial charge < -0.3 is 16.0 Å². The predicted molar refractivity (Wildman–Crippen MR) is 116 cm³/mol. The number of carbonyl (C=O) groups excluding carboxylic acids is 1. The van der Waals surface area contributed by atoms with Crippen LogP contribution in [-0.4, -0.2) is 25.0 Å². The van der Waals surface area contributed by atoms with Gasteiger partial charge in [0.25, 0.3) is 5.91 Å². The van der Waals surface area contributed by atoms with Crippen molar-refractivity contribution in [3.05, 3.63) is 77.4 Å². The number of carbonyl (C=O) groups is 1. The summed E-state index contributed by atoms with van der Waals surface area (Å²) in [6.07, 6.45) is 2.34. The first-order chi connectivity index (χ1) is 13.7. The zero-order valence-corrected chi connectivity index (χ0v) is 16.3. The van der Waals surface area contributed by atoms with Gasteiger partial charge >= 0.3 is 0 Å². The molecule has 1 aliphatic rings. The molecule has 3 aromatic rings. The van der Waals surface area contributed by atoms with E-state index in [4.69, 9.17) is 0 Å². The third-order valence-electron chi connectivity index (χ3n) is 5.57. The van der Waals surface area contributed by atoms with Crippen molar-refractivity contribution in [2.45, 2.75) is 32.4 Å². The van der Waals surface area contributed by atoms with Crippen molar-refractivity contribution in [1.82, 2.24) is 10.6 Å². The highest BCUT2D eigenvalue weighted by Crippen LogP contribution is 2.27. The van der Waals surface area contributed by atoms with E-state index in [2.05, 4.69) is 40.2 Å². The smallest absolute Gasteiger partial charge is 0.255 e. The lowest BCUT2D eigenvalue weighted by molar-refractivity contribution is 0.102. The maximum atomic E-state index is 12.8. The third kappa shape index (κ3) is 4.08. The highest BCUT2D eigenvalue weighted by atomic mass is 16.1. The molecule has 1 amide bonds. The Morgan fingerprint density at radius 3 is 2.46 bits per heavy atom. The topological polar surface area (TPSA) is 53.2 Å². The standard InChI is InChI=1S/C24H27N3O/c1-17-6-2-3-7-20(17)24(28)27-23-11-10-18(21-8-4-5-9-22(21)23)16-26-19-12-14-25-15-13-19/h2-11,19,25-26H,12-16H2,1H3,(H,27,28). The molecule has 4 rings (SSSR count). The van der Waals surface area contributed by atoms with Crippen LogP contribution in [0.3, 0.4) is 0 Å². The van der Waals surface area contributed by atoms with Gasteiger partial charge in [-0.25, -0.2) is 0 Å². The number of piperidine rings is 1. The second-order valence-electron chi connectivity index (χ2n) is 7.49. The van der Waals surface area contributed by atoms with Gasteiger partial charge in [0.05, 0.1) is 0 Å². The molecule has 3 N–H and O–H groups in total. The van der Waals surface area contributed by atoms with Crippen LogP contribution in [0.2, 0.25) is 0 Å². The van der Waals surface area contributed by atoms with E-state index in [1.54, 1.807) is 0 Å². The van der Waals surface area contributed by atoms with Crippen LogP contribution >= 0.6 is 0 Å². The molecule has 1 fully saturated rings. The fourth-order valence-corrected chi connectivity index (χ4v) is 3.92. The lowest BCUT2D eigenvalue weighted by Gasteiger charge is -2.24. The Kier molecular flexibility index (Phi) is 5.70. The zero-order chi connectivity index (χ0) is 19.3. The van der Waals surface area contributed by atoms with Gasteiger partial charge in [-0.05, 0) is 61.5 Å². The number of aryl methyl sites for hydroxylation is 1. The van der Waals surface area contributed by atoms with Crippen molar-refractivity contribution < 1.29 is 4.79 Å². The molecular formula is C24H27N3O. The van der Waals surface area contributed by atoms with Crippen molar-refractivity contribution in [2.24, 2.45) is 0 Å². The molecule has 0 saturated carbocycles. The van der Waals surface area contributed by atoms with Crippen LogP contribution in [0.1, 0.15) is 34.3 Å². The molecule has 0 radical (unpaired) electrons. The minimum Gasteiger partial charge on any atom is -0.321 e. The Hall–Kier alpha value is -2.69. The van der Waals surface area contributed by atoms with Crippen molar-refractivity contribution >= 4 is 22.4 Å². The summed E-state index contributed by atoms with van der Waals surface area (Å²) in [5, 5.41) is 12.5. The molecule has 144 valence electrons. The van der Waals surface area contributed by atoms with E-state index in [1.165, 1.54) is 23.8 Å². The fourth-order valence-electron chi connectivity index (χ4n) is 3.92. The fraction of sp³-hybridized carbons (Fsp3) is 0.292. The first kappa shape index (κ1) is 18.7. The molecule has 0 bridgehead atoms. The Morgan fingerprint density at radius 1 is 0.964 bits per heavy atom. The summed E-state index contributed by atoms with van der Waals surface area (Å²) in [6.45, 7) is 4.98. The molecule has 28 heavy (non-hydrogen) atoms. The minimum atomic E-state index is -0.0659. The van der Waals surface area contributed by atoms with Crippen LogP contribution in [0, 0.1) is 6.92 Å². The lowest BCUT2D eigenvalue weighted by Crippen LogP contribution is -2.39. The molecule has 1 saturated heterocycles. The lowest BCUT2D eigenvalue weighted by atomic mass is 10.0. The van der Waals surface area contributed by atoms with Crippen molar-refractivity contribution in [1.29, 1.82) is 0 Å². The Balaban J connectivity index is 1.57. The van der Waals surface area contributed by atoms with Crippen molar-refractivity contribution in [3.63, 3.8) is 0 Å². The van der Waals surface area contributed by atoms with E-state index < -0.39 is 0 Å². The maximum absolute atomic E-state index is 12.8. The number of fused-ring (bicyclic) bond motifs is 1. The number of nitrogens with one attached hydrogen (secondary N) is 3. The van der Waals surface area contributed by atoms with Gasteiger partial charge in [-0.3, -0.25) is 4.79 Å². The van der Waals surface area contributed by atoms with Crippen LogP contribution in [-0.2, 0) is 6.54 Å². The van der Waals surface area contributed by atoms with Crippen LogP contribution in [0.25, 0.3) is 10.8 Å². The first-order valence-corrected chi connectivity index (χ1v) is 10.0.